The van der Waals surface area contributed by atoms with Crippen molar-refractivity contribution in [2.45, 2.75) is 18.9 Å². The number of rotatable bonds is 2. The molecule has 18 heavy (non-hydrogen) atoms. The van der Waals surface area contributed by atoms with E-state index in [1.807, 2.05) is 4.90 Å². The highest BCUT2D eigenvalue weighted by atomic mass is 19.1. The van der Waals surface area contributed by atoms with Crippen LogP contribution in [0.5, 0.6) is 0 Å². The number of halogens is 1. The van der Waals surface area contributed by atoms with Crippen LogP contribution in [0, 0.1) is 17.7 Å². The van der Waals surface area contributed by atoms with Crippen LogP contribution in [-0.2, 0) is 0 Å². The first-order valence-corrected chi connectivity index (χ1v) is 6.37. The minimum Gasteiger partial charge on any atom is -0.393 e. The molecule has 1 saturated carbocycles. The number of nitrogens with zero attached hydrogens (tertiary/aromatic N) is 1. The molecule has 0 bridgehead atoms. The van der Waals surface area contributed by atoms with E-state index in [0.29, 0.717) is 30.0 Å². The van der Waals surface area contributed by atoms with Crippen LogP contribution in [-0.4, -0.2) is 30.6 Å². The van der Waals surface area contributed by atoms with Gasteiger partial charge in [0.1, 0.15) is 5.82 Å². The zero-order valence-electron chi connectivity index (χ0n) is 10.1. The van der Waals surface area contributed by atoms with Crippen molar-refractivity contribution in [2.75, 3.05) is 18.0 Å². The Morgan fingerprint density at radius 2 is 2.17 bits per heavy atom. The molecule has 1 N–H and O–H groups in total. The summed E-state index contributed by atoms with van der Waals surface area (Å²) in [5, 5.41) is 9.87. The fourth-order valence-electron chi connectivity index (χ4n) is 3.38. The number of aldehydes is 1. The molecule has 1 saturated heterocycles. The van der Waals surface area contributed by atoms with E-state index in [1.54, 1.807) is 12.1 Å². The van der Waals surface area contributed by atoms with Gasteiger partial charge in [-0.3, -0.25) is 4.79 Å². The lowest BCUT2D eigenvalue weighted by Gasteiger charge is -2.22. The summed E-state index contributed by atoms with van der Waals surface area (Å²) in [4.78, 5) is 12.9. The van der Waals surface area contributed by atoms with Gasteiger partial charge in [-0.15, -0.1) is 0 Å². The van der Waals surface area contributed by atoms with Crippen LogP contribution in [0.25, 0.3) is 0 Å². The molecular formula is C14H16FNO2. The molecule has 0 amide bonds. The first-order chi connectivity index (χ1) is 8.70. The van der Waals surface area contributed by atoms with Crippen molar-refractivity contribution in [3.63, 3.8) is 0 Å². The van der Waals surface area contributed by atoms with Crippen LogP contribution in [0.4, 0.5) is 10.1 Å². The predicted molar refractivity (Wildman–Crippen MR) is 66.2 cm³/mol. The van der Waals surface area contributed by atoms with Crippen molar-refractivity contribution < 1.29 is 14.3 Å². The number of hydrogen-bond acceptors (Lipinski definition) is 3. The highest BCUT2D eigenvalue weighted by molar-refractivity contribution is 5.85. The third-order valence-corrected chi connectivity index (χ3v) is 4.28. The summed E-state index contributed by atoms with van der Waals surface area (Å²) in [5.74, 6) is 0.303. The molecule has 1 aromatic rings. The average molecular weight is 249 g/mol. The second-order valence-corrected chi connectivity index (χ2v) is 5.27. The SMILES string of the molecule is O=Cc1cccc(F)c1N1CC2CCC(O)C2C1. The predicted octanol–water partition coefficient (Wildman–Crippen LogP) is 1.85. The van der Waals surface area contributed by atoms with E-state index in [2.05, 4.69) is 0 Å². The minimum absolute atomic E-state index is 0.226. The van der Waals surface area contributed by atoms with E-state index in [1.165, 1.54) is 6.07 Å². The van der Waals surface area contributed by atoms with E-state index in [-0.39, 0.29) is 17.8 Å². The second-order valence-electron chi connectivity index (χ2n) is 5.27. The summed E-state index contributed by atoms with van der Waals surface area (Å²) in [7, 11) is 0. The smallest absolute Gasteiger partial charge is 0.152 e. The fraction of sp³-hybridized carbons (Fsp3) is 0.500. The molecular weight excluding hydrogens is 233 g/mol. The van der Waals surface area contributed by atoms with Gasteiger partial charge in [-0.2, -0.15) is 0 Å². The zero-order chi connectivity index (χ0) is 12.7. The Kier molecular flexibility index (Phi) is 2.82. The maximum Gasteiger partial charge on any atom is 0.152 e. The maximum absolute atomic E-state index is 13.9. The van der Waals surface area contributed by atoms with Crippen LogP contribution in [0.2, 0.25) is 0 Å². The first-order valence-electron chi connectivity index (χ1n) is 6.37. The molecule has 2 aliphatic rings. The Hall–Kier alpha value is -1.42. The molecule has 3 rings (SSSR count). The summed E-state index contributed by atoms with van der Waals surface area (Å²) < 4.78 is 13.9. The maximum atomic E-state index is 13.9. The van der Waals surface area contributed by atoms with Gasteiger partial charge in [0.05, 0.1) is 11.8 Å². The van der Waals surface area contributed by atoms with Crippen molar-refractivity contribution in [3.8, 4) is 0 Å². The number of carbonyl (C=O) groups is 1. The Morgan fingerprint density at radius 1 is 1.33 bits per heavy atom. The van der Waals surface area contributed by atoms with Crippen LogP contribution < -0.4 is 4.90 Å². The van der Waals surface area contributed by atoms with E-state index in [4.69, 9.17) is 0 Å². The van der Waals surface area contributed by atoms with Crippen molar-refractivity contribution in [1.29, 1.82) is 0 Å². The van der Waals surface area contributed by atoms with Crippen molar-refractivity contribution >= 4 is 12.0 Å². The lowest BCUT2D eigenvalue weighted by molar-refractivity contribution is 0.112. The van der Waals surface area contributed by atoms with Gasteiger partial charge in [0, 0.05) is 24.6 Å². The average Bonchev–Trinajstić information content (AvgIpc) is 2.91. The fourth-order valence-corrected chi connectivity index (χ4v) is 3.38. The number of aliphatic hydroxyl groups is 1. The van der Waals surface area contributed by atoms with Crippen molar-refractivity contribution in [1.82, 2.24) is 0 Å². The van der Waals surface area contributed by atoms with Crippen LogP contribution in [0.3, 0.4) is 0 Å². The number of carbonyl (C=O) groups excluding carboxylic acids is 1. The van der Waals surface area contributed by atoms with Gasteiger partial charge in [0.25, 0.3) is 0 Å². The van der Waals surface area contributed by atoms with E-state index < -0.39 is 0 Å². The number of para-hydroxylation sites is 1. The highest BCUT2D eigenvalue weighted by Gasteiger charge is 2.42. The number of anilines is 1. The summed E-state index contributed by atoms with van der Waals surface area (Å²) in [5.41, 5.74) is 0.790. The van der Waals surface area contributed by atoms with Gasteiger partial charge >= 0.3 is 0 Å². The molecule has 3 nitrogen and oxygen atoms in total. The van der Waals surface area contributed by atoms with Crippen LogP contribution in [0.1, 0.15) is 23.2 Å². The van der Waals surface area contributed by atoms with Crippen molar-refractivity contribution in [3.05, 3.63) is 29.6 Å². The minimum atomic E-state index is -0.353. The molecule has 0 radical (unpaired) electrons. The summed E-state index contributed by atoms with van der Waals surface area (Å²) in [6.45, 7) is 1.39. The van der Waals surface area contributed by atoms with E-state index >= 15 is 0 Å². The van der Waals surface area contributed by atoms with Gasteiger partial charge in [-0.25, -0.2) is 4.39 Å². The Labute approximate surface area is 105 Å². The first kappa shape index (κ1) is 11.7. The second kappa shape index (κ2) is 4.35. The number of fused-ring (bicyclic) bond motifs is 1. The van der Waals surface area contributed by atoms with Gasteiger partial charge in [-0.1, -0.05) is 6.07 Å². The molecule has 1 aliphatic heterocycles. The lowest BCUT2D eigenvalue weighted by atomic mass is 10.00. The summed E-state index contributed by atoms with van der Waals surface area (Å²) in [6.07, 6.45) is 2.27. The topological polar surface area (TPSA) is 40.5 Å². The molecule has 2 fully saturated rings. The van der Waals surface area contributed by atoms with Gasteiger partial charge in [-0.05, 0) is 30.9 Å². The van der Waals surface area contributed by atoms with Crippen LogP contribution >= 0.6 is 0 Å². The molecule has 0 aromatic heterocycles. The Morgan fingerprint density at radius 3 is 2.89 bits per heavy atom. The number of hydrogen-bond donors (Lipinski definition) is 1. The molecule has 96 valence electrons. The van der Waals surface area contributed by atoms with E-state index in [9.17, 15) is 14.3 Å². The standard InChI is InChI=1S/C14H16FNO2/c15-12-3-1-2-10(8-17)14(12)16-6-9-4-5-13(18)11(9)7-16/h1-3,8-9,11,13,18H,4-7H2. The van der Waals surface area contributed by atoms with Gasteiger partial charge in [0.15, 0.2) is 6.29 Å². The van der Waals surface area contributed by atoms with E-state index in [0.717, 1.165) is 19.4 Å². The monoisotopic (exact) mass is 249 g/mol. The number of aliphatic hydroxyl groups excluding tert-OH is 1. The molecule has 1 heterocycles. The summed E-state index contributed by atoms with van der Waals surface area (Å²) >= 11 is 0. The quantitative estimate of drug-likeness (QED) is 0.813. The highest BCUT2D eigenvalue weighted by Crippen LogP contribution is 2.41. The molecule has 0 spiro atoms. The largest absolute Gasteiger partial charge is 0.393 e. The van der Waals surface area contributed by atoms with Crippen LogP contribution in [0.15, 0.2) is 18.2 Å². The van der Waals surface area contributed by atoms with Gasteiger partial charge < -0.3 is 10.0 Å². The lowest BCUT2D eigenvalue weighted by Crippen LogP contribution is -2.26. The van der Waals surface area contributed by atoms with Crippen molar-refractivity contribution in [2.24, 2.45) is 11.8 Å². The Balaban J connectivity index is 1.91. The summed E-state index contributed by atoms with van der Waals surface area (Å²) in [6, 6.07) is 4.57. The molecule has 3 atom stereocenters. The Bertz CT molecular complexity index is 477. The molecule has 1 aromatic carbocycles. The third-order valence-electron chi connectivity index (χ3n) is 4.28. The number of benzene rings is 1. The normalized spacial score (nSPS) is 30.6. The molecule has 4 heteroatoms. The molecule has 3 unspecified atom stereocenters. The third kappa shape index (κ3) is 1.72. The molecule has 1 aliphatic carbocycles. The van der Waals surface area contributed by atoms with Gasteiger partial charge in [0.2, 0.25) is 0 Å². The zero-order valence-corrected chi connectivity index (χ0v) is 10.1.